The van der Waals surface area contributed by atoms with Crippen molar-refractivity contribution in [3.05, 3.63) is 24.2 Å². The molecule has 17 atom stereocenters. The van der Waals surface area contributed by atoms with Crippen molar-refractivity contribution < 1.29 is 81.2 Å². The summed E-state index contributed by atoms with van der Waals surface area (Å²) in [6.07, 6.45) is -5.16. The topological polar surface area (TPSA) is 225 Å². The van der Waals surface area contributed by atoms with Crippen LogP contribution < -0.4 is 0 Å². The number of ether oxygens (including phenoxy) is 9. The highest BCUT2D eigenvalue weighted by Gasteiger charge is 3.07. The summed E-state index contributed by atoms with van der Waals surface area (Å²) in [5.74, 6) is -7.76. The quantitative estimate of drug-likeness (QED) is 0.208. The van der Waals surface area contributed by atoms with E-state index < -0.39 is 141 Å². The van der Waals surface area contributed by atoms with Crippen molar-refractivity contribution in [1.29, 1.82) is 0 Å². The lowest BCUT2D eigenvalue weighted by Gasteiger charge is -2.79. The van der Waals surface area contributed by atoms with E-state index in [-0.39, 0.29) is 12.8 Å². The average Bonchev–Trinajstić information content (AvgIpc) is 3.60. The van der Waals surface area contributed by atoms with Gasteiger partial charge in [-0.15, -0.1) is 0 Å². The molecule has 2 N–H and O–H groups in total. The molecule has 4 saturated heterocycles. The Morgan fingerprint density at radius 2 is 1.66 bits per heavy atom. The van der Waals surface area contributed by atoms with Crippen LogP contribution in [0.2, 0.25) is 0 Å². The molecule has 5 heterocycles. The van der Waals surface area contributed by atoms with Crippen LogP contribution in [0.4, 0.5) is 0 Å². The summed E-state index contributed by atoms with van der Waals surface area (Å²) >= 11 is 0. The van der Waals surface area contributed by atoms with Crippen LogP contribution in [-0.4, -0.2) is 111 Å². The Kier molecular flexibility index (Phi) is 7.83. The number of hydrogen-bond donors (Lipinski definition) is 2. The van der Waals surface area contributed by atoms with Crippen molar-refractivity contribution >= 4 is 29.8 Å². The summed E-state index contributed by atoms with van der Waals surface area (Å²) in [7, 11) is 1.21. The number of cyclic esters (lactones) is 1. The molecule has 8 aliphatic rings. The van der Waals surface area contributed by atoms with Gasteiger partial charge in [0.05, 0.1) is 38.1 Å². The second kappa shape index (κ2) is 11.4. The van der Waals surface area contributed by atoms with Gasteiger partial charge in [0.25, 0.3) is 5.97 Å². The van der Waals surface area contributed by atoms with Gasteiger partial charge in [0.15, 0.2) is 28.5 Å². The molecule has 0 radical (unpaired) electrons. The van der Waals surface area contributed by atoms with Crippen LogP contribution in [0.25, 0.3) is 0 Å². The van der Waals surface area contributed by atoms with Gasteiger partial charge in [-0.25, -0.2) is 4.79 Å². The lowest BCUT2D eigenvalue weighted by molar-refractivity contribution is -0.479. The van der Waals surface area contributed by atoms with Crippen LogP contribution in [0, 0.1) is 28.1 Å². The van der Waals surface area contributed by atoms with Gasteiger partial charge < -0.3 is 57.3 Å². The largest absolute Gasteiger partial charge is 0.472 e. The lowest BCUT2D eigenvalue weighted by atomic mass is 9.31. The zero-order valence-corrected chi connectivity index (χ0v) is 34.3. The van der Waals surface area contributed by atoms with Crippen molar-refractivity contribution in [2.24, 2.45) is 28.1 Å². The Hall–Kier alpha value is -3.61. The van der Waals surface area contributed by atoms with Gasteiger partial charge in [-0.05, 0) is 45.1 Å². The summed E-state index contributed by atoms with van der Waals surface area (Å²) in [6.45, 7) is 14.3. The minimum absolute atomic E-state index is 0.149. The van der Waals surface area contributed by atoms with E-state index in [0.29, 0.717) is 12.0 Å². The fraction of sp³-hybridized carbons (Fsp3) is 0.780. The predicted molar refractivity (Wildman–Crippen MR) is 189 cm³/mol. The minimum atomic E-state index is -2.78. The predicted octanol–water partition coefficient (Wildman–Crippen LogP) is 2.71. The number of carbonyl (C=O) groups excluding carboxylic acids is 5. The summed E-state index contributed by atoms with van der Waals surface area (Å²) in [6, 6.07) is 1.62. The Balaban J connectivity index is 1.40. The van der Waals surface area contributed by atoms with Crippen LogP contribution in [0.15, 0.2) is 23.0 Å². The van der Waals surface area contributed by atoms with Crippen molar-refractivity contribution in [3.8, 4) is 0 Å². The molecule has 2 spiro atoms. The summed E-state index contributed by atoms with van der Waals surface area (Å²) in [4.78, 5) is 70.0. The second-order valence-electron chi connectivity index (χ2n) is 19.0. The number of hydrogen-bond acceptors (Lipinski definition) is 17. The van der Waals surface area contributed by atoms with E-state index >= 15 is 0 Å². The SMILES string of the molecule is CC[C@@H](C)C(=O)OC1C[C@@]2(C)[C@@H](c3ccoc3)OC(=O)C[C@]23O[C@@]2(C)O[C@]14[C@@]1(C)[C@H](CC(=O)OC)[C@@]5(C)C[C@@]1(O)[C@](O)([C@@H]5OC(=O)[C@@]1(C)O[C@@H]1C)[C@H](OC(C)=O)[C@@]34O2. The standard InChI is InChI=1S/C41H52O17/c1-11-19(2)28(45)52-24-15-33(6)27(22-12-13-50-17-22)53-26(44)16-38(33)41-30(51-21(4)42)39(48)29(54-31(46)34(7)20(3)55-34)32(5)18-37(39,47)35(8,23(32)14-25(43)49-10)40(24,41)57-36(9,56-38)58-41/h12-13,17,19-20,23-24,27,29-30,47-48H,11,14-16,18H2,1-10H3/t19-,20-,23-,24?,27-,29-,30+,32-,33+,34+,35+,36+,37+,38+,39+,40+,41-/m1/s1. The van der Waals surface area contributed by atoms with Gasteiger partial charge >= 0.3 is 29.8 Å². The van der Waals surface area contributed by atoms with Crippen LogP contribution >= 0.6 is 0 Å². The molecule has 0 aromatic carbocycles. The maximum atomic E-state index is 14.2. The molecule has 17 heteroatoms. The molecular weight excluding hydrogens is 764 g/mol. The van der Waals surface area contributed by atoms with E-state index in [0.717, 1.165) is 6.92 Å². The number of fused-ring (bicyclic) bond motifs is 2. The van der Waals surface area contributed by atoms with Gasteiger partial charge in [-0.3, -0.25) is 19.2 Å². The molecule has 4 bridgehead atoms. The van der Waals surface area contributed by atoms with Crippen molar-refractivity contribution in [2.45, 2.75) is 165 Å². The third-order valence-electron chi connectivity index (χ3n) is 16.4. The third-order valence-corrected chi connectivity index (χ3v) is 16.4. The molecule has 4 aliphatic heterocycles. The molecular formula is C41H52O17. The van der Waals surface area contributed by atoms with Crippen LogP contribution in [0.1, 0.15) is 106 Å². The smallest absolute Gasteiger partial charge is 0.341 e. The number of epoxide rings is 1. The number of carbonyl (C=O) groups is 5. The van der Waals surface area contributed by atoms with E-state index in [4.69, 9.17) is 47.0 Å². The molecule has 1 aromatic rings. The summed E-state index contributed by atoms with van der Waals surface area (Å²) in [5.41, 5.74) is -17.7. The normalized spacial score (nSPS) is 52.9. The molecule has 1 aromatic heterocycles. The fourth-order valence-electron chi connectivity index (χ4n) is 13.6. The van der Waals surface area contributed by atoms with Crippen molar-refractivity contribution in [3.63, 3.8) is 0 Å². The Morgan fingerprint density at radius 3 is 2.24 bits per heavy atom. The molecule has 4 aliphatic carbocycles. The van der Waals surface area contributed by atoms with Crippen LogP contribution in [-0.2, 0) is 66.6 Å². The van der Waals surface area contributed by atoms with E-state index in [2.05, 4.69) is 0 Å². The number of furan rings is 1. The molecule has 9 rings (SSSR count). The molecule has 318 valence electrons. The average molecular weight is 817 g/mol. The highest BCUT2D eigenvalue weighted by molar-refractivity contribution is 5.83. The molecule has 8 fully saturated rings. The lowest BCUT2D eigenvalue weighted by Crippen LogP contribution is -2.99. The van der Waals surface area contributed by atoms with Crippen molar-refractivity contribution in [1.82, 2.24) is 0 Å². The first kappa shape index (κ1) is 39.8. The van der Waals surface area contributed by atoms with E-state index in [1.165, 1.54) is 33.5 Å². The first-order valence-electron chi connectivity index (χ1n) is 20.0. The monoisotopic (exact) mass is 816 g/mol. The van der Waals surface area contributed by atoms with E-state index in [1.54, 1.807) is 40.7 Å². The van der Waals surface area contributed by atoms with Gasteiger partial charge in [0.1, 0.15) is 29.5 Å². The Bertz CT molecular complexity index is 2020. The highest BCUT2D eigenvalue weighted by Crippen LogP contribution is 2.89. The first-order valence-corrected chi connectivity index (χ1v) is 20.0. The minimum Gasteiger partial charge on any atom is -0.472 e. The molecule has 0 amide bonds. The van der Waals surface area contributed by atoms with Crippen LogP contribution in [0.5, 0.6) is 0 Å². The number of methoxy groups -OCH3 is 1. The van der Waals surface area contributed by atoms with Gasteiger partial charge in [-0.1, -0.05) is 34.6 Å². The highest BCUT2D eigenvalue weighted by atomic mass is 17.0. The third kappa shape index (κ3) is 3.98. The van der Waals surface area contributed by atoms with Crippen LogP contribution in [0.3, 0.4) is 0 Å². The van der Waals surface area contributed by atoms with Gasteiger partial charge in [-0.2, -0.15) is 0 Å². The molecule has 4 saturated carbocycles. The summed E-state index contributed by atoms with van der Waals surface area (Å²) in [5, 5.41) is 27.8. The fourth-order valence-corrected chi connectivity index (χ4v) is 13.6. The zero-order chi connectivity index (χ0) is 42.2. The number of aliphatic hydroxyl groups is 2. The second-order valence-corrected chi connectivity index (χ2v) is 19.0. The number of rotatable bonds is 9. The molecule has 58 heavy (non-hydrogen) atoms. The Morgan fingerprint density at radius 1 is 0.983 bits per heavy atom. The van der Waals surface area contributed by atoms with E-state index in [9.17, 15) is 34.2 Å². The van der Waals surface area contributed by atoms with Crippen molar-refractivity contribution in [2.75, 3.05) is 7.11 Å². The molecule has 1 unspecified atom stereocenters. The number of esters is 5. The van der Waals surface area contributed by atoms with Gasteiger partial charge in [0.2, 0.25) is 0 Å². The maximum Gasteiger partial charge on any atom is 0.341 e. The van der Waals surface area contributed by atoms with E-state index in [1.807, 2.05) is 6.92 Å². The molecule has 17 nitrogen and oxygen atoms in total. The summed E-state index contributed by atoms with van der Waals surface area (Å²) < 4.78 is 63.0. The first-order chi connectivity index (χ1) is 26.9. The Labute approximate surface area is 334 Å². The zero-order valence-electron chi connectivity index (χ0n) is 34.3. The van der Waals surface area contributed by atoms with Gasteiger partial charge in [0, 0.05) is 42.1 Å². The maximum absolute atomic E-state index is 14.2.